The Hall–Kier alpha value is -0.340. The minimum Gasteiger partial charge on any atom is -0.268 e. The van der Waals surface area contributed by atoms with Gasteiger partial charge in [0.25, 0.3) is 0 Å². The third-order valence-electron chi connectivity index (χ3n) is 0.853. The van der Waals surface area contributed by atoms with E-state index in [1.807, 2.05) is 0 Å². The second-order valence-corrected chi connectivity index (χ2v) is 1.65. The van der Waals surface area contributed by atoms with Crippen molar-refractivity contribution in [3.63, 3.8) is 0 Å². The molecule has 1 fully saturated rings. The zero-order valence-corrected chi connectivity index (χ0v) is 3.65. The van der Waals surface area contributed by atoms with Crippen LogP contribution in [0.1, 0.15) is 0 Å². The molecule has 0 spiro atoms. The Balaban J connectivity index is 2.28. The fourth-order valence-corrected chi connectivity index (χ4v) is 0.528. The molecule has 0 atom stereocenters. The van der Waals surface area contributed by atoms with Crippen molar-refractivity contribution in [1.82, 2.24) is 5.01 Å². The van der Waals surface area contributed by atoms with Gasteiger partial charge in [-0.25, -0.2) is 5.01 Å². The number of hydrogen-bond acceptors (Lipinski definition) is 2. The smallest absolute Gasteiger partial charge is 0.0352 e. The van der Waals surface area contributed by atoms with E-state index in [-0.39, 0.29) is 0 Å². The molecule has 1 aliphatic heterocycles. The number of rotatable bonds is 0. The largest absolute Gasteiger partial charge is 0.268 e. The lowest BCUT2D eigenvalue weighted by molar-refractivity contribution is 0.260. The monoisotopic (exact) mass is 84.1 g/mol. The van der Waals surface area contributed by atoms with E-state index < -0.39 is 0 Å². The van der Waals surface area contributed by atoms with Crippen molar-refractivity contribution in [3.05, 3.63) is 12.2 Å². The lowest BCUT2D eigenvalue weighted by Gasteiger charge is -2.27. The van der Waals surface area contributed by atoms with Crippen LogP contribution in [-0.4, -0.2) is 18.1 Å². The molecule has 1 heterocycles. The summed E-state index contributed by atoms with van der Waals surface area (Å²) in [5.74, 6) is 5.24. The second-order valence-electron chi connectivity index (χ2n) is 1.65. The van der Waals surface area contributed by atoms with Crippen LogP contribution >= 0.6 is 0 Å². The normalized spacial score (nSPS) is 23.8. The summed E-state index contributed by atoms with van der Waals surface area (Å²) in [4.78, 5) is 0. The van der Waals surface area contributed by atoms with Gasteiger partial charge in [0.1, 0.15) is 0 Å². The molecule has 0 aliphatic carbocycles. The molecular formula is C4H8N2. The molecule has 34 valence electrons. The van der Waals surface area contributed by atoms with Gasteiger partial charge < -0.3 is 0 Å². The number of hydrazine groups is 1. The lowest BCUT2D eigenvalue weighted by atomic mass is 10.2. The van der Waals surface area contributed by atoms with Gasteiger partial charge in [-0.3, -0.25) is 5.84 Å². The highest BCUT2D eigenvalue weighted by Gasteiger charge is 2.11. The van der Waals surface area contributed by atoms with Crippen LogP contribution in [0.25, 0.3) is 0 Å². The van der Waals surface area contributed by atoms with Gasteiger partial charge >= 0.3 is 0 Å². The van der Waals surface area contributed by atoms with E-state index >= 15 is 0 Å². The van der Waals surface area contributed by atoms with E-state index in [4.69, 9.17) is 5.84 Å². The predicted octanol–water partition coefficient (Wildman–Crippen LogP) is -0.268. The Morgan fingerprint density at radius 1 is 1.67 bits per heavy atom. The maximum Gasteiger partial charge on any atom is 0.0352 e. The molecule has 0 unspecified atom stereocenters. The Morgan fingerprint density at radius 3 is 2.17 bits per heavy atom. The first-order chi connectivity index (χ1) is 2.79. The van der Waals surface area contributed by atoms with Gasteiger partial charge in [-0.1, -0.05) is 6.58 Å². The van der Waals surface area contributed by atoms with Crippen LogP contribution in [0, 0.1) is 0 Å². The van der Waals surface area contributed by atoms with Gasteiger partial charge in [0.2, 0.25) is 0 Å². The third kappa shape index (κ3) is 0.441. The minimum absolute atomic E-state index is 0.889. The first-order valence-corrected chi connectivity index (χ1v) is 1.95. The highest BCUT2D eigenvalue weighted by molar-refractivity contribution is 5.07. The Bertz CT molecular complexity index is 69.6. The Kier molecular flexibility index (Phi) is 0.680. The SMILES string of the molecule is C=C1CN(N)C1. The first-order valence-electron chi connectivity index (χ1n) is 1.95. The summed E-state index contributed by atoms with van der Waals surface area (Å²) < 4.78 is 0. The van der Waals surface area contributed by atoms with E-state index in [2.05, 4.69) is 6.58 Å². The summed E-state index contributed by atoms with van der Waals surface area (Å²) in [6.07, 6.45) is 0. The third-order valence-corrected chi connectivity index (χ3v) is 0.853. The number of nitrogens with two attached hydrogens (primary N) is 1. The van der Waals surface area contributed by atoms with Crippen molar-refractivity contribution < 1.29 is 0 Å². The molecule has 1 saturated heterocycles. The summed E-state index contributed by atoms with van der Waals surface area (Å²) in [5, 5.41) is 1.72. The Labute approximate surface area is 37.2 Å². The zero-order valence-electron chi connectivity index (χ0n) is 3.65. The molecular weight excluding hydrogens is 76.1 g/mol. The molecule has 2 nitrogen and oxygen atoms in total. The molecule has 2 N–H and O–H groups in total. The van der Waals surface area contributed by atoms with Crippen LogP contribution < -0.4 is 5.84 Å². The van der Waals surface area contributed by atoms with Crippen molar-refractivity contribution >= 4 is 0 Å². The van der Waals surface area contributed by atoms with Gasteiger partial charge in [0.05, 0.1) is 0 Å². The molecule has 0 aromatic carbocycles. The zero-order chi connectivity index (χ0) is 4.57. The molecule has 6 heavy (non-hydrogen) atoms. The van der Waals surface area contributed by atoms with E-state index in [9.17, 15) is 0 Å². The van der Waals surface area contributed by atoms with Gasteiger partial charge in [0.15, 0.2) is 0 Å². The van der Waals surface area contributed by atoms with E-state index in [0.29, 0.717) is 0 Å². The average molecular weight is 84.1 g/mol. The van der Waals surface area contributed by atoms with Crippen molar-refractivity contribution in [3.8, 4) is 0 Å². The molecule has 2 heteroatoms. The van der Waals surface area contributed by atoms with Crippen LogP contribution in [0.15, 0.2) is 12.2 Å². The van der Waals surface area contributed by atoms with Crippen LogP contribution in [0.3, 0.4) is 0 Å². The fourth-order valence-electron chi connectivity index (χ4n) is 0.528. The highest BCUT2D eigenvalue weighted by Crippen LogP contribution is 2.03. The van der Waals surface area contributed by atoms with Gasteiger partial charge in [-0.15, -0.1) is 0 Å². The summed E-state index contributed by atoms with van der Waals surface area (Å²) in [6.45, 7) is 5.47. The van der Waals surface area contributed by atoms with Crippen molar-refractivity contribution in [1.29, 1.82) is 0 Å². The summed E-state index contributed by atoms with van der Waals surface area (Å²) in [6, 6.07) is 0. The first kappa shape index (κ1) is 3.84. The molecule has 0 bridgehead atoms. The van der Waals surface area contributed by atoms with Crippen LogP contribution in [0.2, 0.25) is 0 Å². The molecule has 0 amide bonds. The van der Waals surface area contributed by atoms with Crippen molar-refractivity contribution in [2.45, 2.75) is 0 Å². The maximum atomic E-state index is 5.24. The standard InChI is InChI=1S/C4H8N2/c1-4-2-6(5)3-4/h1-3,5H2. The van der Waals surface area contributed by atoms with Gasteiger partial charge in [-0.05, 0) is 5.57 Å². The lowest BCUT2D eigenvalue weighted by Crippen LogP contribution is -2.44. The predicted molar refractivity (Wildman–Crippen MR) is 24.9 cm³/mol. The van der Waals surface area contributed by atoms with Gasteiger partial charge in [-0.2, -0.15) is 0 Å². The van der Waals surface area contributed by atoms with E-state index in [1.165, 1.54) is 5.57 Å². The fraction of sp³-hybridized carbons (Fsp3) is 0.500. The minimum atomic E-state index is 0.889. The van der Waals surface area contributed by atoms with Crippen LogP contribution in [0.4, 0.5) is 0 Å². The quantitative estimate of drug-likeness (QED) is 0.323. The number of nitrogens with zero attached hydrogens (tertiary/aromatic N) is 1. The summed E-state index contributed by atoms with van der Waals surface area (Å²) >= 11 is 0. The maximum absolute atomic E-state index is 5.24. The van der Waals surface area contributed by atoms with Crippen LogP contribution in [-0.2, 0) is 0 Å². The molecule has 0 saturated carbocycles. The molecule has 1 aliphatic rings. The summed E-state index contributed by atoms with van der Waals surface area (Å²) in [7, 11) is 0. The second kappa shape index (κ2) is 1.06. The molecule has 0 aromatic rings. The average Bonchev–Trinajstić information content (AvgIpc) is 1.33. The van der Waals surface area contributed by atoms with E-state index in [0.717, 1.165) is 13.1 Å². The number of hydrogen-bond donors (Lipinski definition) is 1. The molecule has 0 radical (unpaired) electrons. The molecule has 1 rings (SSSR count). The van der Waals surface area contributed by atoms with Gasteiger partial charge in [0, 0.05) is 13.1 Å². The van der Waals surface area contributed by atoms with E-state index in [1.54, 1.807) is 5.01 Å². The topological polar surface area (TPSA) is 29.3 Å². The van der Waals surface area contributed by atoms with Crippen molar-refractivity contribution in [2.24, 2.45) is 5.84 Å². The Morgan fingerprint density at radius 2 is 2.17 bits per heavy atom. The highest BCUT2D eigenvalue weighted by atomic mass is 15.4. The van der Waals surface area contributed by atoms with Crippen LogP contribution in [0.5, 0.6) is 0 Å². The molecule has 0 aromatic heterocycles. The summed E-state index contributed by atoms with van der Waals surface area (Å²) in [5.41, 5.74) is 1.23. The van der Waals surface area contributed by atoms with Crippen molar-refractivity contribution in [2.75, 3.05) is 13.1 Å².